The normalized spacial score (nSPS) is 15.1. The molecule has 0 fully saturated rings. The van der Waals surface area contributed by atoms with Gasteiger partial charge in [0.1, 0.15) is 0 Å². The number of carbonyl (C=O) groups excluding carboxylic acids is 1. The summed E-state index contributed by atoms with van der Waals surface area (Å²) in [6.45, 7) is 10.4. The van der Waals surface area contributed by atoms with Gasteiger partial charge in [-0.25, -0.2) is 0 Å². The first-order valence-electron chi connectivity index (χ1n) is 8.12. The van der Waals surface area contributed by atoms with Crippen LogP contribution in [0.15, 0.2) is 18.2 Å². The van der Waals surface area contributed by atoms with Crippen LogP contribution in [0.4, 0.5) is 5.69 Å². The van der Waals surface area contributed by atoms with Crippen molar-refractivity contribution in [3.05, 3.63) is 29.3 Å². The summed E-state index contributed by atoms with van der Waals surface area (Å²) in [6, 6.07) is 6.00. The minimum atomic E-state index is -0.0941. The minimum Gasteiger partial charge on any atom is -0.395 e. The molecule has 1 amide bonds. The first-order valence-corrected chi connectivity index (χ1v) is 9.41. The molecule has 0 saturated carbocycles. The maximum atomic E-state index is 12.6. The first kappa shape index (κ1) is 19.8. The van der Waals surface area contributed by atoms with Gasteiger partial charge in [0.25, 0.3) is 5.91 Å². The summed E-state index contributed by atoms with van der Waals surface area (Å²) in [5, 5.41) is 15.8. The third-order valence-corrected chi connectivity index (χ3v) is 5.52. The van der Waals surface area contributed by atoms with Crippen molar-refractivity contribution >= 4 is 23.4 Å². The van der Waals surface area contributed by atoms with Crippen molar-refractivity contribution in [1.29, 1.82) is 0 Å². The lowest BCUT2D eigenvalue weighted by Gasteiger charge is -2.23. The van der Waals surface area contributed by atoms with Gasteiger partial charge in [-0.2, -0.15) is 11.8 Å². The summed E-state index contributed by atoms with van der Waals surface area (Å²) in [5.74, 6) is 0.419. The second kappa shape index (κ2) is 9.18. The van der Waals surface area contributed by atoms with Gasteiger partial charge >= 0.3 is 0 Å². The Hall–Kier alpha value is -1.20. The summed E-state index contributed by atoms with van der Waals surface area (Å²) in [5.41, 5.74) is 2.63. The quantitative estimate of drug-likeness (QED) is 0.681. The largest absolute Gasteiger partial charge is 0.395 e. The van der Waals surface area contributed by atoms with E-state index in [0.717, 1.165) is 11.3 Å². The molecule has 0 aromatic heterocycles. The molecule has 1 aromatic carbocycles. The van der Waals surface area contributed by atoms with Gasteiger partial charge < -0.3 is 15.7 Å². The van der Waals surface area contributed by atoms with E-state index in [1.54, 1.807) is 11.8 Å². The van der Waals surface area contributed by atoms with E-state index in [9.17, 15) is 9.90 Å². The van der Waals surface area contributed by atoms with Crippen molar-refractivity contribution in [2.24, 2.45) is 5.92 Å². The van der Waals surface area contributed by atoms with Crippen LogP contribution in [0.5, 0.6) is 0 Å². The smallest absolute Gasteiger partial charge is 0.251 e. The standard InChI is InChI=1S/C18H30N2O2S/c1-11(2)13(4)19-16-9-7-8-15(12(16)3)18(22)20-14(5)17(10-21)23-6/h7-9,11,13-14,17,19,21H,10H2,1-6H3,(H,20,22). The van der Waals surface area contributed by atoms with Crippen LogP contribution in [0.3, 0.4) is 0 Å². The van der Waals surface area contributed by atoms with E-state index in [4.69, 9.17) is 0 Å². The Bertz CT molecular complexity index is 516. The topological polar surface area (TPSA) is 61.4 Å². The van der Waals surface area contributed by atoms with E-state index in [-0.39, 0.29) is 23.8 Å². The van der Waals surface area contributed by atoms with Crippen LogP contribution in [-0.2, 0) is 0 Å². The van der Waals surface area contributed by atoms with Crippen LogP contribution in [0.25, 0.3) is 0 Å². The van der Waals surface area contributed by atoms with Gasteiger partial charge in [0.05, 0.1) is 6.61 Å². The molecule has 5 heteroatoms. The zero-order valence-electron chi connectivity index (χ0n) is 15.0. The molecule has 3 unspecified atom stereocenters. The highest BCUT2D eigenvalue weighted by Gasteiger charge is 2.20. The van der Waals surface area contributed by atoms with Gasteiger partial charge in [0.2, 0.25) is 0 Å². The van der Waals surface area contributed by atoms with Gasteiger partial charge in [-0.3, -0.25) is 4.79 Å². The van der Waals surface area contributed by atoms with Crippen molar-refractivity contribution in [1.82, 2.24) is 5.32 Å². The molecule has 0 radical (unpaired) electrons. The molecule has 0 aliphatic rings. The molecular formula is C18H30N2O2S. The lowest BCUT2D eigenvalue weighted by Crippen LogP contribution is -2.41. The van der Waals surface area contributed by atoms with Crippen LogP contribution in [-0.4, -0.2) is 41.2 Å². The number of thioether (sulfide) groups is 1. The molecule has 3 atom stereocenters. The molecule has 0 aliphatic heterocycles. The molecule has 1 rings (SSSR count). The van der Waals surface area contributed by atoms with Gasteiger partial charge in [-0.05, 0) is 50.6 Å². The Morgan fingerprint density at radius 1 is 1.22 bits per heavy atom. The number of hydrogen-bond acceptors (Lipinski definition) is 4. The molecule has 130 valence electrons. The molecule has 0 bridgehead atoms. The van der Waals surface area contributed by atoms with Crippen molar-refractivity contribution < 1.29 is 9.90 Å². The Labute approximate surface area is 144 Å². The number of aliphatic hydroxyl groups excluding tert-OH is 1. The SMILES string of the molecule is CSC(CO)C(C)NC(=O)c1cccc(NC(C)C(C)C)c1C. The molecule has 23 heavy (non-hydrogen) atoms. The predicted octanol–water partition coefficient (Wildman–Crippen LogP) is 3.29. The lowest BCUT2D eigenvalue weighted by molar-refractivity contribution is 0.0935. The maximum Gasteiger partial charge on any atom is 0.251 e. The zero-order chi connectivity index (χ0) is 17.6. The van der Waals surface area contributed by atoms with Gasteiger partial charge in [-0.1, -0.05) is 19.9 Å². The fourth-order valence-electron chi connectivity index (χ4n) is 2.26. The number of aliphatic hydroxyl groups is 1. The molecular weight excluding hydrogens is 308 g/mol. The average Bonchev–Trinajstić information content (AvgIpc) is 2.50. The van der Waals surface area contributed by atoms with Crippen molar-refractivity contribution in [3.63, 3.8) is 0 Å². The highest BCUT2D eigenvalue weighted by molar-refractivity contribution is 7.99. The Morgan fingerprint density at radius 3 is 2.39 bits per heavy atom. The van der Waals surface area contributed by atoms with E-state index >= 15 is 0 Å². The van der Waals surface area contributed by atoms with Crippen LogP contribution in [0.2, 0.25) is 0 Å². The number of amides is 1. The second-order valence-electron chi connectivity index (χ2n) is 6.37. The van der Waals surface area contributed by atoms with E-state index in [1.807, 2.05) is 38.3 Å². The van der Waals surface area contributed by atoms with Crippen molar-refractivity contribution in [3.8, 4) is 0 Å². The van der Waals surface area contributed by atoms with E-state index in [1.165, 1.54) is 0 Å². The molecule has 0 spiro atoms. The Balaban J connectivity index is 2.90. The zero-order valence-corrected chi connectivity index (χ0v) is 15.8. The summed E-state index contributed by atoms with van der Waals surface area (Å²) in [6.07, 6.45) is 1.94. The van der Waals surface area contributed by atoms with E-state index in [0.29, 0.717) is 17.5 Å². The molecule has 0 heterocycles. The summed E-state index contributed by atoms with van der Waals surface area (Å²) in [4.78, 5) is 12.6. The number of hydrogen-bond donors (Lipinski definition) is 3. The number of rotatable bonds is 8. The van der Waals surface area contributed by atoms with Crippen LogP contribution < -0.4 is 10.6 Å². The minimum absolute atomic E-state index is 0.00141. The summed E-state index contributed by atoms with van der Waals surface area (Å²) in [7, 11) is 0. The maximum absolute atomic E-state index is 12.6. The summed E-state index contributed by atoms with van der Waals surface area (Å²) >= 11 is 1.56. The molecule has 3 N–H and O–H groups in total. The molecule has 0 saturated heterocycles. The Kier molecular flexibility index (Phi) is 7.92. The fourth-order valence-corrected chi connectivity index (χ4v) is 2.89. The molecule has 1 aromatic rings. The highest BCUT2D eigenvalue weighted by Crippen LogP contribution is 2.22. The lowest BCUT2D eigenvalue weighted by atomic mass is 10.0. The van der Waals surface area contributed by atoms with Crippen molar-refractivity contribution in [2.45, 2.75) is 52.0 Å². The van der Waals surface area contributed by atoms with Gasteiger partial charge in [-0.15, -0.1) is 0 Å². The number of carbonyl (C=O) groups is 1. The number of benzene rings is 1. The number of anilines is 1. The van der Waals surface area contributed by atoms with Crippen LogP contribution in [0, 0.1) is 12.8 Å². The second-order valence-corrected chi connectivity index (χ2v) is 7.45. The van der Waals surface area contributed by atoms with Gasteiger partial charge in [0.15, 0.2) is 0 Å². The average molecular weight is 339 g/mol. The first-order chi connectivity index (χ1) is 10.8. The van der Waals surface area contributed by atoms with Gasteiger partial charge in [0, 0.05) is 28.6 Å². The molecule has 4 nitrogen and oxygen atoms in total. The third kappa shape index (κ3) is 5.43. The number of nitrogens with one attached hydrogen (secondary N) is 2. The fraction of sp³-hybridized carbons (Fsp3) is 0.611. The summed E-state index contributed by atoms with van der Waals surface area (Å²) < 4.78 is 0. The third-order valence-electron chi connectivity index (χ3n) is 4.36. The van der Waals surface area contributed by atoms with Crippen molar-refractivity contribution in [2.75, 3.05) is 18.2 Å². The van der Waals surface area contributed by atoms with E-state index in [2.05, 4.69) is 31.4 Å². The molecule has 0 aliphatic carbocycles. The van der Waals surface area contributed by atoms with E-state index < -0.39 is 0 Å². The monoisotopic (exact) mass is 338 g/mol. The highest BCUT2D eigenvalue weighted by atomic mass is 32.2. The predicted molar refractivity (Wildman–Crippen MR) is 100 cm³/mol. The van der Waals surface area contributed by atoms with Crippen LogP contribution >= 0.6 is 11.8 Å². The van der Waals surface area contributed by atoms with Crippen LogP contribution in [0.1, 0.15) is 43.6 Å². The Morgan fingerprint density at radius 2 is 1.87 bits per heavy atom.